The average molecular weight is 480 g/mol. The Labute approximate surface area is 201 Å². The number of amides is 1. The molecule has 1 saturated heterocycles. The summed E-state index contributed by atoms with van der Waals surface area (Å²) in [5, 5.41) is 4.15. The molecule has 0 spiro atoms. The highest BCUT2D eigenvalue weighted by Gasteiger charge is 2.51. The molecular formula is C25H35ClFN3OS. The van der Waals surface area contributed by atoms with Crippen LogP contribution in [0.15, 0.2) is 29.3 Å². The van der Waals surface area contributed by atoms with Crippen LogP contribution in [0, 0.1) is 17.8 Å². The number of aliphatic imine (C=N–C) groups is 1. The van der Waals surface area contributed by atoms with Crippen molar-refractivity contribution in [3.63, 3.8) is 0 Å². The monoisotopic (exact) mass is 479 g/mol. The van der Waals surface area contributed by atoms with E-state index >= 15 is 0 Å². The summed E-state index contributed by atoms with van der Waals surface area (Å²) >= 11 is 1.84. The quantitative estimate of drug-likeness (QED) is 0.539. The molecular weight excluding hydrogens is 445 g/mol. The van der Waals surface area contributed by atoms with Gasteiger partial charge in [-0.15, -0.1) is 12.4 Å². The molecule has 4 bridgehead atoms. The van der Waals surface area contributed by atoms with Gasteiger partial charge in [0, 0.05) is 29.9 Å². The number of carbonyl (C=O) groups excluding carboxylic acids is 1. The van der Waals surface area contributed by atoms with Crippen LogP contribution in [-0.4, -0.2) is 39.4 Å². The van der Waals surface area contributed by atoms with E-state index in [4.69, 9.17) is 4.99 Å². The number of benzene rings is 1. The molecule has 1 unspecified atom stereocenters. The van der Waals surface area contributed by atoms with E-state index in [1.807, 2.05) is 11.8 Å². The van der Waals surface area contributed by atoms with E-state index < -0.39 is 6.67 Å². The van der Waals surface area contributed by atoms with Crippen LogP contribution in [0.2, 0.25) is 0 Å². The van der Waals surface area contributed by atoms with Crippen LogP contribution >= 0.6 is 24.2 Å². The molecule has 1 aromatic carbocycles. The van der Waals surface area contributed by atoms with Crippen molar-refractivity contribution in [1.82, 2.24) is 4.90 Å². The van der Waals surface area contributed by atoms with Gasteiger partial charge in [0.1, 0.15) is 6.67 Å². The molecule has 1 atom stereocenters. The van der Waals surface area contributed by atoms with Gasteiger partial charge in [0.25, 0.3) is 0 Å². The molecule has 1 amide bonds. The third-order valence-corrected chi connectivity index (χ3v) is 8.84. The van der Waals surface area contributed by atoms with Crippen LogP contribution in [-0.2, 0) is 11.5 Å². The Bertz CT molecular complexity index is 824. The minimum absolute atomic E-state index is 0. The predicted octanol–water partition coefficient (Wildman–Crippen LogP) is 6.06. The molecule has 1 aromatic rings. The van der Waals surface area contributed by atoms with Crippen molar-refractivity contribution in [3.05, 3.63) is 29.8 Å². The maximum atomic E-state index is 12.7. The first-order valence-electron chi connectivity index (χ1n) is 11.9. The van der Waals surface area contributed by atoms with E-state index in [0.717, 1.165) is 29.2 Å². The Hall–Kier alpha value is -1.27. The number of nitrogens with zero attached hydrogens (tertiary/aromatic N) is 2. The molecule has 5 aliphatic rings. The second kappa shape index (κ2) is 9.54. The summed E-state index contributed by atoms with van der Waals surface area (Å²) < 4.78 is 12.7. The summed E-state index contributed by atoms with van der Waals surface area (Å²) in [6, 6.07) is 7.48. The molecule has 4 nitrogen and oxygen atoms in total. The zero-order chi connectivity index (χ0) is 21.6. The summed E-state index contributed by atoms with van der Waals surface area (Å²) in [6.07, 6.45) is 8.57. The first-order chi connectivity index (χ1) is 14.9. The minimum Gasteiger partial charge on any atom is -0.345 e. The Morgan fingerprint density at radius 2 is 1.75 bits per heavy atom. The SMILES string of the molecule is CC(C)N1C(=NC23CC4CC(CC(C4)C2)C3)SCC1CC(=O)Nc1ccc(CF)cc1.Cl. The predicted molar refractivity (Wildman–Crippen MR) is 133 cm³/mol. The molecule has 6 rings (SSSR count). The molecule has 32 heavy (non-hydrogen) atoms. The number of hydrogen-bond acceptors (Lipinski definition) is 3. The molecule has 5 fully saturated rings. The fourth-order valence-corrected chi connectivity index (χ4v) is 8.27. The molecule has 1 aliphatic heterocycles. The van der Waals surface area contributed by atoms with Gasteiger partial charge in [0.05, 0.1) is 5.54 Å². The molecule has 1 N–H and O–H groups in total. The van der Waals surface area contributed by atoms with Gasteiger partial charge in [-0.1, -0.05) is 23.9 Å². The maximum absolute atomic E-state index is 12.7. The lowest BCUT2D eigenvalue weighted by molar-refractivity contribution is -0.117. The topological polar surface area (TPSA) is 44.7 Å². The highest BCUT2D eigenvalue weighted by Crippen LogP contribution is 2.57. The first-order valence-corrected chi connectivity index (χ1v) is 12.9. The number of alkyl halides is 1. The smallest absolute Gasteiger partial charge is 0.226 e. The fourth-order valence-electron chi connectivity index (χ4n) is 6.88. The van der Waals surface area contributed by atoms with Gasteiger partial charge >= 0.3 is 0 Å². The molecule has 7 heteroatoms. The van der Waals surface area contributed by atoms with Crippen LogP contribution in [0.25, 0.3) is 0 Å². The Kier molecular flexibility index (Phi) is 7.11. The number of rotatable bonds is 6. The van der Waals surface area contributed by atoms with Crippen LogP contribution in [0.5, 0.6) is 0 Å². The van der Waals surface area contributed by atoms with E-state index in [2.05, 4.69) is 24.1 Å². The van der Waals surface area contributed by atoms with Crippen molar-refractivity contribution in [2.45, 2.75) is 83.1 Å². The second-order valence-corrected chi connectivity index (χ2v) is 11.6. The highest BCUT2D eigenvalue weighted by molar-refractivity contribution is 8.14. The lowest BCUT2D eigenvalue weighted by atomic mass is 9.53. The maximum Gasteiger partial charge on any atom is 0.226 e. The van der Waals surface area contributed by atoms with Gasteiger partial charge in [-0.25, -0.2) is 4.39 Å². The normalized spacial score (nSPS) is 34.2. The third kappa shape index (κ3) is 4.82. The molecule has 4 aliphatic carbocycles. The fraction of sp³-hybridized carbons (Fsp3) is 0.680. The van der Waals surface area contributed by atoms with Crippen LogP contribution in [0.4, 0.5) is 10.1 Å². The van der Waals surface area contributed by atoms with Crippen LogP contribution in [0.3, 0.4) is 0 Å². The lowest BCUT2D eigenvalue weighted by Gasteiger charge is -2.55. The third-order valence-electron chi connectivity index (χ3n) is 7.73. The largest absolute Gasteiger partial charge is 0.345 e. The molecule has 1 heterocycles. The standard InChI is InChI=1S/C25H34FN3OS.ClH/c1-16(2)29-22(10-23(30)27-21-5-3-17(14-26)4-6-21)15-31-24(29)28-25-11-18-7-19(12-25)9-20(8-18)13-25;/h3-6,16,18-20,22H,7-15H2,1-2H3,(H,27,30);1H. The molecule has 0 radical (unpaired) electrons. The number of hydrogen-bond donors (Lipinski definition) is 1. The summed E-state index contributed by atoms with van der Waals surface area (Å²) in [7, 11) is 0. The highest BCUT2D eigenvalue weighted by atomic mass is 35.5. The zero-order valence-corrected chi connectivity index (χ0v) is 20.7. The summed E-state index contributed by atoms with van der Waals surface area (Å²) in [6.45, 7) is 3.94. The second-order valence-electron chi connectivity index (χ2n) is 10.6. The van der Waals surface area contributed by atoms with Gasteiger partial charge in [-0.3, -0.25) is 9.79 Å². The van der Waals surface area contributed by atoms with Crippen LogP contribution in [0.1, 0.15) is 64.4 Å². The van der Waals surface area contributed by atoms with E-state index in [1.165, 1.54) is 43.7 Å². The van der Waals surface area contributed by atoms with Crippen molar-refractivity contribution in [3.8, 4) is 0 Å². The minimum atomic E-state index is -0.483. The summed E-state index contributed by atoms with van der Waals surface area (Å²) in [5.74, 6) is 3.59. The van der Waals surface area contributed by atoms with Crippen molar-refractivity contribution < 1.29 is 9.18 Å². The van der Waals surface area contributed by atoms with Crippen molar-refractivity contribution in [2.24, 2.45) is 22.7 Å². The van der Waals surface area contributed by atoms with Gasteiger partial charge in [-0.05, 0) is 87.8 Å². The van der Waals surface area contributed by atoms with Crippen molar-refractivity contribution >= 4 is 40.9 Å². The number of nitrogens with one attached hydrogen (secondary N) is 1. The molecule has 4 saturated carbocycles. The number of thioether (sulfide) groups is 1. The van der Waals surface area contributed by atoms with Gasteiger partial charge in [0.2, 0.25) is 5.91 Å². The molecule has 0 aromatic heterocycles. The van der Waals surface area contributed by atoms with Crippen molar-refractivity contribution in [2.75, 3.05) is 11.1 Å². The number of anilines is 1. The number of halogens is 2. The Morgan fingerprint density at radius 3 is 2.28 bits per heavy atom. The number of amidine groups is 1. The van der Waals surface area contributed by atoms with E-state index in [1.54, 1.807) is 24.3 Å². The average Bonchev–Trinajstić information content (AvgIpc) is 3.08. The van der Waals surface area contributed by atoms with Crippen molar-refractivity contribution in [1.29, 1.82) is 0 Å². The zero-order valence-electron chi connectivity index (χ0n) is 19.1. The lowest BCUT2D eigenvalue weighted by Crippen LogP contribution is -2.50. The van der Waals surface area contributed by atoms with Gasteiger partial charge < -0.3 is 10.2 Å². The number of carbonyl (C=O) groups is 1. The molecule has 176 valence electrons. The summed E-state index contributed by atoms with van der Waals surface area (Å²) in [4.78, 5) is 20.6. The van der Waals surface area contributed by atoms with Crippen LogP contribution < -0.4 is 5.32 Å². The van der Waals surface area contributed by atoms with E-state index in [9.17, 15) is 9.18 Å². The van der Waals surface area contributed by atoms with Gasteiger partial charge in [0.15, 0.2) is 5.17 Å². The first kappa shape index (κ1) is 23.9. The summed E-state index contributed by atoms with van der Waals surface area (Å²) in [5.41, 5.74) is 1.52. The Morgan fingerprint density at radius 1 is 1.16 bits per heavy atom. The Balaban J connectivity index is 0.00000245. The van der Waals surface area contributed by atoms with Gasteiger partial charge in [-0.2, -0.15) is 0 Å². The van der Waals surface area contributed by atoms with E-state index in [0.29, 0.717) is 18.0 Å². The van der Waals surface area contributed by atoms with E-state index in [-0.39, 0.29) is 29.9 Å².